The summed E-state index contributed by atoms with van der Waals surface area (Å²) in [5.41, 5.74) is 5.69. The maximum absolute atomic E-state index is 12.4. The van der Waals surface area contributed by atoms with Gasteiger partial charge in [-0.05, 0) is 44.4 Å². The molecule has 110 valence electrons. The minimum Gasteiger partial charge on any atom is -0.396 e. The monoisotopic (exact) mass is 268 g/mol. The van der Waals surface area contributed by atoms with Crippen molar-refractivity contribution < 1.29 is 9.90 Å². The van der Waals surface area contributed by atoms with E-state index in [2.05, 4.69) is 5.32 Å². The largest absolute Gasteiger partial charge is 0.396 e. The molecular weight excluding hydrogens is 240 g/mol. The molecule has 4 N–H and O–H groups in total. The average molecular weight is 268 g/mol. The fourth-order valence-electron chi connectivity index (χ4n) is 3.69. The molecule has 4 unspecified atom stereocenters. The van der Waals surface area contributed by atoms with E-state index in [1.165, 1.54) is 12.8 Å². The average Bonchev–Trinajstić information content (AvgIpc) is 2.77. The van der Waals surface area contributed by atoms with Crippen LogP contribution in [-0.2, 0) is 4.79 Å². The van der Waals surface area contributed by atoms with E-state index < -0.39 is 0 Å². The molecule has 2 rings (SSSR count). The van der Waals surface area contributed by atoms with Gasteiger partial charge in [0.25, 0.3) is 0 Å². The normalized spacial score (nSPS) is 39.2. The van der Waals surface area contributed by atoms with Gasteiger partial charge in [-0.1, -0.05) is 19.3 Å². The molecule has 0 radical (unpaired) electrons. The maximum Gasteiger partial charge on any atom is 0.227 e. The zero-order chi connectivity index (χ0) is 13.9. The molecule has 19 heavy (non-hydrogen) atoms. The highest BCUT2D eigenvalue weighted by Gasteiger charge is 2.43. The second-order valence-electron chi connectivity index (χ2n) is 6.61. The molecule has 0 aromatic heterocycles. The Labute approximate surface area is 116 Å². The summed E-state index contributed by atoms with van der Waals surface area (Å²) in [6.45, 7) is 2.94. The highest BCUT2D eigenvalue weighted by Crippen LogP contribution is 2.37. The quantitative estimate of drug-likeness (QED) is 0.722. The lowest BCUT2D eigenvalue weighted by Gasteiger charge is -2.33. The number of nitrogens with two attached hydrogens (primary N) is 1. The van der Waals surface area contributed by atoms with Crippen molar-refractivity contribution >= 4 is 5.91 Å². The first kappa shape index (κ1) is 14.8. The van der Waals surface area contributed by atoms with Gasteiger partial charge >= 0.3 is 0 Å². The first-order valence-corrected chi connectivity index (χ1v) is 7.72. The first-order valence-electron chi connectivity index (χ1n) is 7.72. The minimum absolute atomic E-state index is 0.00695. The van der Waals surface area contributed by atoms with Crippen LogP contribution in [0.25, 0.3) is 0 Å². The second kappa shape index (κ2) is 6.23. The number of carbonyl (C=O) groups is 1. The number of aliphatic hydroxyl groups excluding tert-OH is 1. The fourth-order valence-corrected chi connectivity index (χ4v) is 3.69. The molecule has 0 bridgehead atoms. The standard InChI is InChI=1S/C15H28N2O2/c1-15(8-4-7-13(15)16)14(19)17-9-11-5-2-3-6-12(11)10-18/h11-13,18H,2-10,16H2,1H3,(H,17,19). The van der Waals surface area contributed by atoms with Crippen molar-refractivity contribution in [3.63, 3.8) is 0 Å². The third kappa shape index (κ3) is 3.11. The number of nitrogens with one attached hydrogen (secondary N) is 1. The molecule has 0 aliphatic heterocycles. The van der Waals surface area contributed by atoms with Crippen LogP contribution in [0.1, 0.15) is 51.9 Å². The number of amides is 1. The third-order valence-electron chi connectivity index (χ3n) is 5.37. The number of carbonyl (C=O) groups excluding carboxylic acids is 1. The Hall–Kier alpha value is -0.610. The van der Waals surface area contributed by atoms with E-state index in [4.69, 9.17) is 5.73 Å². The smallest absolute Gasteiger partial charge is 0.227 e. The molecule has 0 spiro atoms. The van der Waals surface area contributed by atoms with Gasteiger partial charge in [0.2, 0.25) is 5.91 Å². The summed E-state index contributed by atoms with van der Waals surface area (Å²) in [7, 11) is 0. The number of hydrogen-bond acceptors (Lipinski definition) is 3. The van der Waals surface area contributed by atoms with Crippen molar-refractivity contribution in [2.45, 2.75) is 57.9 Å². The van der Waals surface area contributed by atoms with Gasteiger partial charge in [-0.3, -0.25) is 4.79 Å². The van der Waals surface area contributed by atoms with Gasteiger partial charge in [0.05, 0.1) is 5.41 Å². The van der Waals surface area contributed by atoms with Gasteiger partial charge in [-0.15, -0.1) is 0 Å². The van der Waals surface area contributed by atoms with Crippen LogP contribution < -0.4 is 11.1 Å². The zero-order valence-electron chi connectivity index (χ0n) is 12.0. The molecular formula is C15H28N2O2. The topological polar surface area (TPSA) is 75.3 Å². The lowest BCUT2D eigenvalue weighted by Crippen LogP contribution is -2.49. The minimum atomic E-state index is -0.386. The molecule has 4 heteroatoms. The van der Waals surface area contributed by atoms with E-state index >= 15 is 0 Å². The zero-order valence-corrected chi connectivity index (χ0v) is 12.0. The first-order chi connectivity index (χ1) is 9.08. The summed E-state index contributed by atoms with van der Waals surface area (Å²) >= 11 is 0. The molecule has 1 amide bonds. The predicted molar refractivity (Wildman–Crippen MR) is 75.5 cm³/mol. The molecule has 0 aromatic rings. The van der Waals surface area contributed by atoms with E-state index in [-0.39, 0.29) is 24.0 Å². The van der Waals surface area contributed by atoms with Crippen molar-refractivity contribution in [1.82, 2.24) is 5.32 Å². The molecule has 4 nitrogen and oxygen atoms in total. The van der Waals surface area contributed by atoms with Crippen molar-refractivity contribution in [2.75, 3.05) is 13.2 Å². The highest BCUT2D eigenvalue weighted by atomic mass is 16.3. The van der Waals surface area contributed by atoms with Crippen LogP contribution in [-0.4, -0.2) is 30.2 Å². The van der Waals surface area contributed by atoms with E-state index in [9.17, 15) is 9.90 Å². The van der Waals surface area contributed by atoms with Crippen LogP contribution in [0.15, 0.2) is 0 Å². The molecule has 2 fully saturated rings. The van der Waals surface area contributed by atoms with Crippen LogP contribution in [0.3, 0.4) is 0 Å². The second-order valence-corrected chi connectivity index (χ2v) is 6.61. The third-order valence-corrected chi connectivity index (χ3v) is 5.37. The van der Waals surface area contributed by atoms with Crippen molar-refractivity contribution in [1.29, 1.82) is 0 Å². The lowest BCUT2D eigenvalue weighted by atomic mass is 9.79. The van der Waals surface area contributed by atoms with Crippen LogP contribution in [0.2, 0.25) is 0 Å². The fraction of sp³-hybridized carbons (Fsp3) is 0.933. The van der Waals surface area contributed by atoms with E-state index in [1.54, 1.807) is 0 Å². The van der Waals surface area contributed by atoms with Gasteiger partial charge in [0, 0.05) is 19.2 Å². The summed E-state index contributed by atoms with van der Waals surface area (Å²) in [4.78, 5) is 12.4. The number of aliphatic hydroxyl groups is 1. The molecule has 4 atom stereocenters. The Kier molecular flexibility index (Phi) is 4.85. The Morgan fingerprint density at radius 2 is 1.95 bits per heavy atom. The summed E-state index contributed by atoms with van der Waals surface area (Å²) in [5.74, 6) is 0.905. The number of hydrogen-bond donors (Lipinski definition) is 3. The lowest BCUT2D eigenvalue weighted by molar-refractivity contribution is -0.130. The van der Waals surface area contributed by atoms with E-state index in [1.807, 2.05) is 6.92 Å². The molecule has 0 aromatic carbocycles. The molecule has 2 aliphatic carbocycles. The van der Waals surface area contributed by atoms with Gasteiger partial charge in [0.15, 0.2) is 0 Å². The van der Waals surface area contributed by atoms with Gasteiger partial charge < -0.3 is 16.2 Å². The molecule has 0 heterocycles. The Bertz CT molecular complexity index is 321. The highest BCUT2D eigenvalue weighted by molar-refractivity contribution is 5.83. The molecule has 2 saturated carbocycles. The van der Waals surface area contributed by atoms with Crippen LogP contribution in [0, 0.1) is 17.3 Å². The summed E-state index contributed by atoms with van der Waals surface area (Å²) in [5, 5.41) is 12.5. The summed E-state index contributed by atoms with van der Waals surface area (Å²) in [6.07, 6.45) is 7.53. The van der Waals surface area contributed by atoms with E-state index in [0.29, 0.717) is 18.4 Å². The van der Waals surface area contributed by atoms with Gasteiger partial charge in [-0.25, -0.2) is 0 Å². The van der Waals surface area contributed by atoms with Crippen LogP contribution >= 0.6 is 0 Å². The molecule has 2 aliphatic rings. The summed E-state index contributed by atoms with van der Waals surface area (Å²) < 4.78 is 0. The van der Waals surface area contributed by atoms with Gasteiger partial charge in [-0.2, -0.15) is 0 Å². The van der Waals surface area contributed by atoms with E-state index in [0.717, 1.165) is 32.1 Å². The van der Waals surface area contributed by atoms with Crippen LogP contribution in [0.5, 0.6) is 0 Å². The molecule has 0 saturated heterocycles. The van der Waals surface area contributed by atoms with Gasteiger partial charge in [0.1, 0.15) is 0 Å². The Balaban J connectivity index is 1.86. The number of rotatable bonds is 4. The van der Waals surface area contributed by atoms with Crippen LogP contribution in [0.4, 0.5) is 0 Å². The predicted octanol–water partition coefficient (Wildman–Crippen LogP) is 1.42. The SMILES string of the molecule is CC1(C(=O)NCC2CCCCC2CO)CCCC1N. The summed E-state index contributed by atoms with van der Waals surface area (Å²) in [6, 6.07) is -0.00695. The van der Waals surface area contributed by atoms with Crippen molar-refractivity contribution in [2.24, 2.45) is 23.0 Å². The van der Waals surface area contributed by atoms with Crippen molar-refractivity contribution in [3.05, 3.63) is 0 Å². The van der Waals surface area contributed by atoms with Crippen molar-refractivity contribution in [3.8, 4) is 0 Å². The Morgan fingerprint density at radius 3 is 2.53 bits per heavy atom. The maximum atomic E-state index is 12.4. The Morgan fingerprint density at radius 1 is 1.26 bits per heavy atom.